The fourth-order valence-corrected chi connectivity index (χ4v) is 1.94. The fraction of sp³-hybridized carbons (Fsp3) is 0.267. The Kier molecular flexibility index (Phi) is 5.29. The van der Waals surface area contributed by atoms with Gasteiger partial charge >= 0.3 is 12.1 Å². The molecule has 0 radical (unpaired) electrons. The molecule has 0 saturated carbocycles. The molecular weight excluding hydrogens is 341 g/mol. The number of hydrogen-bond acceptors (Lipinski definition) is 6. The summed E-state index contributed by atoms with van der Waals surface area (Å²) in [7, 11) is 0. The van der Waals surface area contributed by atoms with Crippen molar-refractivity contribution in [1.82, 2.24) is 9.97 Å². The van der Waals surface area contributed by atoms with E-state index in [9.17, 15) is 18.0 Å². The summed E-state index contributed by atoms with van der Waals surface area (Å²) in [5.41, 5.74) is 10.7. The van der Waals surface area contributed by atoms with Gasteiger partial charge in [0.2, 0.25) is 17.9 Å². The quantitative estimate of drug-likeness (QED) is 0.714. The molecule has 0 aliphatic carbocycles. The van der Waals surface area contributed by atoms with Gasteiger partial charge in [-0.1, -0.05) is 12.1 Å². The number of alkyl halides is 3. The van der Waals surface area contributed by atoms with Gasteiger partial charge in [0.05, 0.1) is 5.69 Å². The largest absolute Gasteiger partial charge is 0.480 e. The average Bonchev–Trinajstić information content (AvgIpc) is 2.51. The third-order valence-electron chi connectivity index (χ3n) is 3.04. The zero-order valence-corrected chi connectivity index (χ0v) is 12.6. The van der Waals surface area contributed by atoms with Crippen molar-refractivity contribution >= 4 is 11.9 Å². The highest BCUT2D eigenvalue weighted by molar-refractivity contribution is 5.73. The fourth-order valence-electron chi connectivity index (χ4n) is 1.94. The van der Waals surface area contributed by atoms with E-state index < -0.39 is 30.2 Å². The molecule has 25 heavy (non-hydrogen) atoms. The molecule has 1 heterocycles. The molecule has 5 N–H and O–H groups in total. The molecule has 2 rings (SSSR count). The zero-order valence-electron chi connectivity index (χ0n) is 12.6. The highest BCUT2D eigenvalue weighted by Crippen LogP contribution is 2.36. The van der Waals surface area contributed by atoms with Crippen LogP contribution in [0.15, 0.2) is 24.3 Å². The molecule has 7 nitrogen and oxygen atoms in total. The molecule has 10 heteroatoms. The van der Waals surface area contributed by atoms with Gasteiger partial charge in [0, 0.05) is 18.1 Å². The van der Waals surface area contributed by atoms with Crippen LogP contribution < -0.4 is 16.2 Å². The van der Waals surface area contributed by atoms with Crippen molar-refractivity contribution in [2.45, 2.75) is 24.7 Å². The molecule has 2 atom stereocenters. The minimum Gasteiger partial charge on any atom is -0.480 e. The first kappa shape index (κ1) is 18.3. The van der Waals surface area contributed by atoms with E-state index in [0.29, 0.717) is 0 Å². The van der Waals surface area contributed by atoms with Gasteiger partial charge in [0.25, 0.3) is 0 Å². The summed E-state index contributed by atoms with van der Waals surface area (Å²) >= 11 is 0. The van der Waals surface area contributed by atoms with E-state index in [0.717, 1.165) is 12.1 Å². The molecule has 0 fully saturated rings. The minimum absolute atomic E-state index is 0.0475. The number of ether oxygens (including phenoxy) is 1. The van der Waals surface area contributed by atoms with Crippen LogP contribution >= 0.6 is 0 Å². The van der Waals surface area contributed by atoms with Crippen LogP contribution in [-0.4, -0.2) is 33.3 Å². The van der Waals surface area contributed by atoms with Gasteiger partial charge in [-0.25, -0.2) is 4.98 Å². The second-order valence-electron chi connectivity index (χ2n) is 5.01. The van der Waals surface area contributed by atoms with E-state index in [2.05, 4.69) is 22.1 Å². The van der Waals surface area contributed by atoms with Gasteiger partial charge in [-0.05, 0) is 18.2 Å². The number of nitrogen functional groups attached to an aromatic ring is 1. The SMILES string of the molecule is Nc1nc(C[C@H](N)C(=O)O)cc(OC(c2cc#ccc2)C(F)(F)F)n1. The van der Waals surface area contributed by atoms with Crippen molar-refractivity contribution in [2.24, 2.45) is 5.73 Å². The smallest absolute Gasteiger partial charge is 0.429 e. The standard InChI is InChI=1S/C15H13F3N4O3/c16-15(17,18)12(8-4-2-1-3-5-8)25-11-7-9(21-14(20)22-11)6-10(19)13(23)24/h2,4-5,7,10,12H,6,19H2,(H,23,24)(H2,20,21,22)/t10-,12?/m0/s1. The van der Waals surface area contributed by atoms with Gasteiger partial charge in [-0.2, -0.15) is 18.2 Å². The number of rotatable bonds is 6. The van der Waals surface area contributed by atoms with Crippen LogP contribution in [0, 0.1) is 12.1 Å². The van der Waals surface area contributed by atoms with E-state index in [-0.39, 0.29) is 23.6 Å². The molecular formula is C15H13F3N4O3. The van der Waals surface area contributed by atoms with Crippen molar-refractivity contribution in [3.05, 3.63) is 47.7 Å². The van der Waals surface area contributed by atoms with Crippen molar-refractivity contribution in [1.29, 1.82) is 0 Å². The highest BCUT2D eigenvalue weighted by Gasteiger charge is 2.43. The Balaban J connectivity index is 2.30. The van der Waals surface area contributed by atoms with Gasteiger partial charge in [0.1, 0.15) is 6.04 Å². The lowest BCUT2D eigenvalue weighted by molar-refractivity contribution is -0.198. The lowest BCUT2D eigenvalue weighted by Gasteiger charge is -2.21. The summed E-state index contributed by atoms with van der Waals surface area (Å²) in [5, 5.41) is 8.80. The molecule has 1 aromatic carbocycles. The summed E-state index contributed by atoms with van der Waals surface area (Å²) in [5.74, 6) is -2.10. The van der Waals surface area contributed by atoms with Crippen molar-refractivity contribution in [3.63, 3.8) is 0 Å². The molecule has 1 unspecified atom stereocenters. The molecule has 132 valence electrons. The van der Waals surface area contributed by atoms with E-state index in [1.54, 1.807) is 0 Å². The number of carboxylic acid groups (broad SMARTS) is 1. The van der Waals surface area contributed by atoms with Crippen molar-refractivity contribution < 1.29 is 27.8 Å². The first-order valence-electron chi connectivity index (χ1n) is 6.89. The predicted octanol–water partition coefficient (Wildman–Crippen LogP) is 1.30. The van der Waals surface area contributed by atoms with Crippen LogP contribution in [0.25, 0.3) is 0 Å². The van der Waals surface area contributed by atoms with Gasteiger partial charge < -0.3 is 21.3 Å². The number of carboxylic acids is 1. The number of hydrogen-bond donors (Lipinski definition) is 3. The maximum atomic E-state index is 13.3. The van der Waals surface area contributed by atoms with Crippen LogP contribution in [0.1, 0.15) is 17.4 Å². The van der Waals surface area contributed by atoms with E-state index >= 15 is 0 Å². The van der Waals surface area contributed by atoms with Crippen molar-refractivity contribution in [2.75, 3.05) is 5.73 Å². The zero-order chi connectivity index (χ0) is 18.6. The average molecular weight is 354 g/mol. The number of nitrogens with two attached hydrogens (primary N) is 2. The molecule has 0 spiro atoms. The Morgan fingerprint density at radius 1 is 1.36 bits per heavy atom. The molecule has 0 aliphatic rings. The molecule has 0 bridgehead atoms. The van der Waals surface area contributed by atoms with E-state index in [1.165, 1.54) is 12.1 Å². The number of anilines is 1. The maximum absolute atomic E-state index is 13.3. The maximum Gasteiger partial charge on any atom is 0.429 e. The van der Waals surface area contributed by atoms with Crippen LogP contribution in [0.4, 0.5) is 19.1 Å². The Morgan fingerprint density at radius 3 is 2.64 bits per heavy atom. The highest BCUT2D eigenvalue weighted by atomic mass is 19.4. The lowest BCUT2D eigenvalue weighted by atomic mass is 10.1. The summed E-state index contributed by atoms with van der Waals surface area (Å²) in [6.07, 6.45) is -7.29. The first-order valence-corrected chi connectivity index (χ1v) is 6.89. The number of carbonyl (C=O) groups is 1. The molecule has 2 aromatic rings. The Labute approximate surface area is 140 Å². The Hall–Kier alpha value is -3.06. The second kappa shape index (κ2) is 7.23. The van der Waals surface area contributed by atoms with E-state index in [1.807, 2.05) is 0 Å². The number of aromatic nitrogens is 2. The van der Waals surface area contributed by atoms with E-state index in [4.69, 9.17) is 21.3 Å². The van der Waals surface area contributed by atoms with Gasteiger partial charge in [0.15, 0.2) is 0 Å². The Bertz CT molecular complexity index is 741. The predicted molar refractivity (Wildman–Crippen MR) is 79.3 cm³/mol. The number of aliphatic carboxylic acids is 1. The minimum atomic E-state index is -4.73. The Morgan fingerprint density at radius 2 is 2.08 bits per heavy atom. The topological polar surface area (TPSA) is 124 Å². The van der Waals surface area contributed by atoms with Crippen molar-refractivity contribution in [3.8, 4) is 5.88 Å². The van der Waals surface area contributed by atoms with Crippen LogP contribution in [0.3, 0.4) is 0 Å². The third kappa shape index (κ3) is 4.95. The normalized spacial score (nSPS) is 13.6. The molecule has 1 aromatic heterocycles. The van der Waals surface area contributed by atoms with Crippen LogP contribution in [0.2, 0.25) is 0 Å². The number of halogens is 3. The monoisotopic (exact) mass is 354 g/mol. The summed E-state index contributed by atoms with van der Waals surface area (Å²) < 4.78 is 44.8. The second-order valence-corrected chi connectivity index (χ2v) is 5.01. The van der Waals surface area contributed by atoms with Crippen LogP contribution in [-0.2, 0) is 11.2 Å². The van der Waals surface area contributed by atoms with Gasteiger partial charge in [-0.15, -0.1) is 0 Å². The van der Waals surface area contributed by atoms with Crippen LogP contribution in [0.5, 0.6) is 5.88 Å². The molecule has 0 amide bonds. The molecule has 0 saturated heterocycles. The molecule has 0 aliphatic heterocycles. The summed E-state index contributed by atoms with van der Waals surface area (Å²) in [6, 6.07) is 8.22. The third-order valence-corrected chi connectivity index (χ3v) is 3.04. The lowest BCUT2D eigenvalue weighted by Crippen LogP contribution is -2.32. The summed E-state index contributed by atoms with van der Waals surface area (Å²) in [4.78, 5) is 18.1. The first-order chi connectivity index (χ1) is 11.7. The number of nitrogens with zero attached hydrogens (tertiary/aromatic N) is 2. The van der Waals surface area contributed by atoms with Gasteiger partial charge in [-0.3, -0.25) is 4.79 Å². The summed E-state index contributed by atoms with van der Waals surface area (Å²) in [6.45, 7) is 0.